The minimum atomic E-state index is -0.823. The number of primary amides is 1. The molecular formula is C20H23N3O3S. The molecule has 2 aliphatic rings. The number of amides is 2. The predicted molar refractivity (Wildman–Crippen MR) is 105 cm³/mol. The van der Waals surface area contributed by atoms with E-state index in [9.17, 15) is 9.59 Å². The number of nitrogens with zero attached hydrogens (tertiary/aromatic N) is 2. The van der Waals surface area contributed by atoms with Gasteiger partial charge in [0.05, 0.1) is 18.8 Å². The minimum absolute atomic E-state index is 0.0332. The van der Waals surface area contributed by atoms with Crippen molar-refractivity contribution < 1.29 is 14.3 Å². The molecule has 0 fully saturated rings. The molecule has 0 saturated carbocycles. The van der Waals surface area contributed by atoms with Crippen LogP contribution in [0, 0.1) is 0 Å². The molecule has 27 heavy (non-hydrogen) atoms. The second-order valence-corrected chi connectivity index (χ2v) is 7.93. The van der Waals surface area contributed by atoms with Gasteiger partial charge >= 0.3 is 0 Å². The highest BCUT2D eigenvalue weighted by atomic mass is 32.1. The number of benzene rings is 1. The second kappa shape index (κ2) is 7.32. The van der Waals surface area contributed by atoms with E-state index in [2.05, 4.69) is 23.3 Å². The first-order valence-electron chi connectivity index (χ1n) is 9.24. The highest BCUT2D eigenvalue weighted by Gasteiger charge is 2.35. The number of ether oxygens (including phenoxy) is 1. The number of nitrogens with two attached hydrogens (primary N) is 1. The van der Waals surface area contributed by atoms with Gasteiger partial charge in [-0.3, -0.25) is 14.5 Å². The molecule has 3 heterocycles. The monoisotopic (exact) mass is 385 g/mol. The zero-order chi connectivity index (χ0) is 19.0. The summed E-state index contributed by atoms with van der Waals surface area (Å²) in [6, 6.07) is 9.72. The number of thiophene rings is 1. The van der Waals surface area contributed by atoms with Crippen molar-refractivity contribution in [2.45, 2.75) is 31.9 Å². The molecule has 2 N–H and O–H groups in total. The van der Waals surface area contributed by atoms with Crippen molar-refractivity contribution in [3.05, 3.63) is 46.2 Å². The van der Waals surface area contributed by atoms with Crippen LogP contribution in [0.5, 0.6) is 5.75 Å². The molecule has 142 valence electrons. The third-order valence-electron chi connectivity index (χ3n) is 5.32. The molecule has 4 rings (SSSR count). The molecule has 1 aromatic carbocycles. The lowest BCUT2D eigenvalue weighted by atomic mass is 9.98. The quantitative estimate of drug-likeness (QED) is 0.877. The van der Waals surface area contributed by atoms with Crippen LogP contribution in [0.2, 0.25) is 0 Å². The van der Waals surface area contributed by atoms with Gasteiger partial charge in [0, 0.05) is 17.5 Å². The van der Waals surface area contributed by atoms with Crippen LogP contribution in [-0.4, -0.2) is 42.5 Å². The van der Waals surface area contributed by atoms with Crippen LogP contribution in [0.15, 0.2) is 35.7 Å². The van der Waals surface area contributed by atoms with E-state index in [4.69, 9.17) is 10.5 Å². The van der Waals surface area contributed by atoms with Crippen molar-refractivity contribution >= 4 is 28.8 Å². The Morgan fingerprint density at radius 1 is 1.30 bits per heavy atom. The summed E-state index contributed by atoms with van der Waals surface area (Å²) in [7, 11) is 0. The van der Waals surface area contributed by atoms with Gasteiger partial charge in [0.2, 0.25) is 5.91 Å². The van der Waals surface area contributed by atoms with E-state index >= 15 is 0 Å². The number of para-hydroxylation sites is 2. The lowest BCUT2D eigenvalue weighted by Crippen LogP contribution is -2.52. The first-order valence-corrected chi connectivity index (χ1v) is 10.1. The zero-order valence-electron chi connectivity index (χ0n) is 15.3. The Labute approximate surface area is 162 Å². The maximum Gasteiger partial charge on any atom is 0.260 e. The first-order chi connectivity index (χ1) is 13.1. The van der Waals surface area contributed by atoms with Crippen LogP contribution in [-0.2, 0) is 16.0 Å². The van der Waals surface area contributed by atoms with E-state index in [1.165, 1.54) is 10.4 Å². The Morgan fingerprint density at radius 3 is 2.89 bits per heavy atom. The van der Waals surface area contributed by atoms with E-state index in [1.807, 2.05) is 18.2 Å². The molecule has 7 heteroatoms. The molecule has 1 aromatic heterocycles. The standard InChI is InChI=1S/C20H23N3O3S/c1-2-14-13-8-10-27-18(13)7-9-22(14)12-19(24)23-11-17(20(21)25)26-16-6-4-3-5-15(16)23/h3-6,8,10,14,17H,2,7,9,11-12H2,1H3,(H2,21,25)/t14-,17-/m0/s1. The molecule has 2 aromatic rings. The molecule has 2 amide bonds. The van der Waals surface area contributed by atoms with E-state index < -0.39 is 12.0 Å². The summed E-state index contributed by atoms with van der Waals surface area (Å²) in [4.78, 5) is 30.2. The molecule has 0 unspecified atom stereocenters. The van der Waals surface area contributed by atoms with Crippen LogP contribution < -0.4 is 15.4 Å². The van der Waals surface area contributed by atoms with Crippen LogP contribution >= 0.6 is 11.3 Å². The molecule has 0 radical (unpaired) electrons. The number of carbonyl (C=O) groups is 2. The van der Waals surface area contributed by atoms with E-state index in [0.717, 1.165) is 19.4 Å². The summed E-state index contributed by atoms with van der Waals surface area (Å²) >= 11 is 1.80. The van der Waals surface area contributed by atoms with Gasteiger partial charge in [-0.1, -0.05) is 19.1 Å². The summed E-state index contributed by atoms with van der Waals surface area (Å²) in [6.45, 7) is 3.48. The van der Waals surface area contributed by atoms with Crippen LogP contribution in [0.1, 0.15) is 29.8 Å². The SMILES string of the molecule is CC[C@H]1c2ccsc2CCN1CC(=O)N1C[C@@H](C(N)=O)Oc2ccccc21. The number of anilines is 1. The fraction of sp³-hybridized carbons (Fsp3) is 0.400. The van der Waals surface area contributed by atoms with Crippen molar-refractivity contribution in [1.29, 1.82) is 0 Å². The van der Waals surface area contributed by atoms with Crippen molar-refractivity contribution in [2.75, 3.05) is 24.5 Å². The third-order valence-corrected chi connectivity index (χ3v) is 6.32. The maximum atomic E-state index is 13.2. The summed E-state index contributed by atoms with van der Waals surface area (Å²) < 4.78 is 5.66. The van der Waals surface area contributed by atoms with Gasteiger partial charge in [-0.2, -0.15) is 0 Å². The van der Waals surface area contributed by atoms with Gasteiger partial charge in [0.1, 0.15) is 5.75 Å². The molecule has 2 atom stereocenters. The molecule has 0 bridgehead atoms. The van der Waals surface area contributed by atoms with Gasteiger partial charge < -0.3 is 15.4 Å². The number of hydrogen-bond acceptors (Lipinski definition) is 5. The summed E-state index contributed by atoms with van der Waals surface area (Å²) in [6.07, 6.45) is 1.11. The Bertz CT molecular complexity index is 866. The Kier molecular flexibility index (Phi) is 4.88. The van der Waals surface area contributed by atoms with Crippen molar-refractivity contribution in [1.82, 2.24) is 4.90 Å². The van der Waals surface area contributed by atoms with E-state index in [0.29, 0.717) is 18.0 Å². The van der Waals surface area contributed by atoms with Crippen molar-refractivity contribution in [3.63, 3.8) is 0 Å². The smallest absolute Gasteiger partial charge is 0.260 e. The van der Waals surface area contributed by atoms with Crippen LogP contribution in [0.25, 0.3) is 0 Å². The Morgan fingerprint density at radius 2 is 2.11 bits per heavy atom. The summed E-state index contributed by atoms with van der Waals surface area (Å²) in [5, 5.41) is 2.13. The van der Waals surface area contributed by atoms with Crippen molar-refractivity contribution in [3.8, 4) is 5.75 Å². The third kappa shape index (κ3) is 3.33. The topological polar surface area (TPSA) is 75.9 Å². The van der Waals surface area contributed by atoms with Crippen LogP contribution in [0.3, 0.4) is 0 Å². The lowest BCUT2D eigenvalue weighted by molar-refractivity contribution is -0.125. The molecule has 2 aliphatic heterocycles. The fourth-order valence-electron chi connectivity index (χ4n) is 3.99. The van der Waals surface area contributed by atoms with Gasteiger partial charge in [0.15, 0.2) is 6.10 Å². The highest BCUT2D eigenvalue weighted by molar-refractivity contribution is 7.10. The van der Waals surface area contributed by atoms with Crippen molar-refractivity contribution in [2.24, 2.45) is 5.73 Å². The average molecular weight is 385 g/mol. The fourth-order valence-corrected chi connectivity index (χ4v) is 4.92. The number of fused-ring (bicyclic) bond motifs is 2. The van der Waals surface area contributed by atoms with E-state index in [-0.39, 0.29) is 18.5 Å². The molecule has 0 aliphatic carbocycles. The molecule has 0 saturated heterocycles. The maximum absolute atomic E-state index is 13.2. The Balaban J connectivity index is 1.56. The van der Waals surface area contributed by atoms with E-state index in [1.54, 1.807) is 22.3 Å². The normalized spacial score (nSPS) is 21.9. The van der Waals surface area contributed by atoms with Crippen LogP contribution in [0.4, 0.5) is 5.69 Å². The molecule has 0 spiro atoms. The predicted octanol–water partition coefficient (Wildman–Crippen LogP) is 2.34. The number of hydrogen-bond donors (Lipinski definition) is 1. The van der Waals surface area contributed by atoms with Gasteiger partial charge in [-0.15, -0.1) is 11.3 Å². The highest BCUT2D eigenvalue weighted by Crippen LogP contribution is 2.36. The largest absolute Gasteiger partial charge is 0.477 e. The summed E-state index contributed by atoms with van der Waals surface area (Å²) in [5.74, 6) is -0.0736. The zero-order valence-corrected chi connectivity index (χ0v) is 16.1. The minimum Gasteiger partial charge on any atom is -0.477 e. The van der Waals surface area contributed by atoms with Gasteiger partial charge in [-0.25, -0.2) is 0 Å². The molecule has 6 nitrogen and oxygen atoms in total. The second-order valence-electron chi connectivity index (χ2n) is 6.92. The van der Waals surface area contributed by atoms with Gasteiger partial charge in [-0.05, 0) is 42.0 Å². The summed E-state index contributed by atoms with van der Waals surface area (Å²) in [5.41, 5.74) is 7.49. The number of rotatable bonds is 4. The number of carbonyl (C=O) groups excluding carboxylic acids is 2. The average Bonchev–Trinajstić information content (AvgIpc) is 3.15. The first kappa shape index (κ1) is 18.0. The van der Waals surface area contributed by atoms with Gasteiger partial charge in [0.25, 0.3) is 5.91 Å². The lowest BCUT2D eigenvalue weighted by Gasteiger charge is -2.38. The Hall–Kier alpha value is -2.38. The molecular weight excluding hydrogens is 362 g/mol.